The molecule has 0 unspecified atom stereocenters. The monoisotopic (exact) mass is 512 g/mol. The van der Waals surface area contributed by atoms with Crippen LogP contribution in [-0.4, -0.2) is 31.1 Å². The highest BCUT2D eigenvalue weighted by Crippen LogP contribution is 2.33. The number of amides is 1. The number of hydrogen-bond donors (Lipinski definition) is 2. The molecule has 5 aromatic rings. The van der Waals surface area contributed by atoms with Crippen LogP contribution in [0.25, 0.3) is 32.6 Å². The normalized spacial score (nSPS) is 9.94. The number of hydrogen-bond acceptors (Lipinski definition) is 7. The Balaban J connectivity index is 0.00000114. The van der Waals surface area contributed by atoms with Crippen molar-refractivity contribution in [3.8, 4) is 21.7 Å². The highest BCUT2D eigenvalue weighted by molar-refractivity contribution is 7.17. The van der Waals surface area contributed by atoms with Crippen LogP contribution in [0.2, 0.25) is 0 Å². The molecule has 4 heterocycles. The maximum absolute atomic E-state index is 12.5. The molecule has 1 amide bonds. The van der Waals surface area contributed by atoms with E-state index in [0.29, 0.717) is 10.0 Å². The number of thiophene rings is 1. The zero-order chi connectivity index (χ0) is 18.9. The Kier molecular flexibility index (Phi) is 8.49. The molecule has 160 valence electrons. The van der Waals surface area contributed by atoms with Gasteiger partial charge in [-0.1, -0.05) is 6.07 Å². The second-order valence-corrected chi connectivity index (χ2v) is 7.87. The Hall–Kier alpha value is -2.56. The first-order valence-electron chi connectivity index (χ1n) is 8.33. The molecule has 1 aromatic carbocycles. The standard InChI is InChI=1S/C19H12N6OS2.3ClH/c26-18(25-19-20-5-6-27-19)16-4-3-15(28-16)17-13-7-11(12-8-23-24-9-12)1-2-14(13)21-10-22-17;;;/h1-10H,(H,23,24)(H,20,25,26);3*1H. The summed E-state index contributed by atoms with van der Waals surface area (Å²) >= 11 is 2.77. The fourth-order valence-electron chi connectivity index (χ4n) is 2.87. The van der Waals surface area contributed by atoms with Crippen LogP contribution in [0.5, 0.6) is 0 Å². The van der Waals surface area contributed by atoms with Gasteiger partial charge in [0.1, 0.15) is 6.33 Å². The molecule has 0 saturated carbocycles. The van der Waals surface area contributed by atoms with Crippen molar-refractivity contribution in [2.24, 2.45) is 0 Å². The first-order valence-corrected chi connectivity index (χ1v) is 10.0. The maximum atomic E-state index is 12.5. The number of H-pyrrole nitrogens is 1. The molecule has 0 aliphatic heterocycles. The smallest absolute Gasteiger partial charge is 0.267 e. The lowest BCUT2D eigenvalue weighted by atomic mass is 10.0. The number of benzene rings is 1. The van der Waals surface area contributed by atoms with Crippen LogP contribution in [0.1, 0.15) is 9.67 Å². The summed E-state index contributed by atoms with van der Waals surface area (Å²) in [6.45, 7) is 0. The number of carbonyl (C=O) groups excluding carboxylic acids is 1. The van der Waals surface area contributed by atoms with Gasteiger partial charge in [-0.2, -0.15) is 5.10 Å². The highest BCUT2D eigenvalue weighted by atomic mass is 35.5. The van der Waals surface area contributed by atoms with Gasteiger partial charge >= 0.3 is 0 Å². The van der Waals surface area contributed by atoms with Crippen LogP contribution < -0.4 is 5.32 Å². The van der Waals surface area contributed by atoms with Crippen molar-refractivity contribution in [3.63, 3.8) is 0 Å². The average Bonchev–Trinajstić information content (AvgIpc) is 3.49. The molecule has 0 bridgehead atoms. The second kappa shape index (κ2) is 10.7. The number of carbonyl (C=O) groups is 1. The Morgan fingerprint density at radius 2 is 1.87 bits per heavy atom. The van der Waals surface area contributed by atoms with Gasteiger partial charge in [-0.05, 0) is 29.8 Å². The third kappa shape index (κ3) is 5.03. The van der Waals surface area contributed by atoms with E-state index >= 15 is 0 Å². The molecule has 0 radical (unpaired) electrons. The minimum absolute atomic E-state index is 0. The maximum Gasteiger partial charge on any atom is 0.267 e. The number of aromatic amines is 1. The van der Waals surface area contributed by atoms with Crippen molar-refractivity contribution in [1.82, 2.24) is 25.1 Å². The minimum Gasteiger partial charge on any atom is -0.297 e. The van der Waals surface area contributed by atoms with Gasteiger partial charge in [0.2, 0.25) is 0 Å². The van der Waals surface area contributed by atoms with Gasteiger partial charge in [-0.3, -0.25) is 15.2 Å². The average molecular weight is 514 g/mol. The van der Waals surface area contributed by atoms with E-state index in [1.807, 2.05) is 35.8 Å². The lowest BCUT2D eigenvalue weighted by Crippen LogP contribution is -2.09. The summed E-state index contributed by atoms with van der Waals surface area (Å²) in [4.78, 5) is 26.9. The fraction of sp³-hybridized carbons (Fsp3) is 0. The van der Waals surface area contributed by atoms with E-state index in [9.17, 15) is 4.79 Å². The summed E-state index contributed by atoms with van der Waals surface area (Å²) in [5.41, 5.74) is 3.66. The zero-order valence-corrected chi connectivity index (χ0v) is 19.6. The number of anilines is 1. The van der Waals surface area contributed by atoms with E-state index in [1.54, 1.807) is 24.8 Å². The van der Waals surface area contributed by atoms with Crippen molar-refractivity contribution in [1.29, 1.82) is 0 Å². The van der Waals surface area contributed by atoms with Gasteiger partial charge < -0.3 is 0 Å². The van der Waals surface area contributed by atoms with Gasteiger partial charge in [0, 0.05) is 28.7 Å². The summed E-state index contributed by atoms with van der Waals surface area (Å²) in [6, 6.07) is 9.73. The topological polar surface area (TPSA) is 96.5 Å². The fourth-order valence-corrected chi connectivity index (χ4v) is 4.31. The van der Waals surface area contributed by atoms with Crippen LogP contribution in [0, 0.1) is 0 Å². The number of thiazole rings is 1. The number of nitrogens with one attached hydrogen (secondary N) is 2. The van der Waals surface area contributed by atoms with Crippen LogP contribution in [0.3, 0.4) is 0 Å². The first kappa shape index (κ1) is 24.7. The van der Waals surface area contributed by atoms with Crippen LogP contribution >= 0.6 is 59.9 Å². The van der Waals surface area contributed by atoms with Crippen LogP contribution in [0.4, 0.5) is 5.13 Å². The molecule has 0 spiro atoms. The Morgan fingerprint density at radius 3 is 2.61 bits per heavy atom. The summed E-state index contributed by atoms with van der Waals surface area (Å²) in [5, 5.41) is 13.0. The molecule has 5 rings (SSSR count). The van der Waals surface area contributed by atoms with E-state index < -0.39 is 0 Å². The van der Waals surface area contributed by atoms with E-state index in [0.717, 1.165) is 32.6 Å². The summed E-state index contributed by atoms with van der Waals surface area (Å²) in [7, 11) is 0. The van der Waals surface area contributed by atoms with Crippen LogP contribution in [0.15, 0.2) is 60.6 Å². The number of fused-ring (bicyclic) bond motifs is 1. The lowest BCUT2D eigenvalue weighted by molar-refractivity contribution is 0.103. The molecular formula is C19H15Cl3N6OS2. The largest absolute Gasteiger partial charge is 0.297 e. The molecule has 4 aromatic heterocycles. The third-order valence-electron chi connectivity index (χ3n) is 4.18. The Bertz CT molecular complexity index is 1280. The third-order valence-corrected chi connectivity index (χ3v) is 5.96. The molecular weight excluding hydrogens is 499 g/mol. The first-order chi connectivity index (χ1) is 13.8. The quantitative estimate of drug-likeness (QED) is 0.320. The molecule has 2 N–H and O–H groups in total. The number of halogens is 3. The van der Waals surface area contributed by atoms with Gasteiger partial charge in [0.25, 0.3) is 5.91 Å². The Labute approximate surface area is 203 Å². The number of rotatable bonds is 4. The van der Waals surface area contributed by atoms with Crippen molar-refractivity contribution < 1.29 is 4.79 Å². The molecule has 0 aliphatic carbocycles. The molecule has 12 heteroatoms. The predicted octanol–water partition coefficient (Wildman–Crippen LogP) is 5.72. The number of nitrogens with zero attached hydrogens (tertiary/aromatic N) is 4. The molecule has 0 atom stereocenters. The predicted molar refractivity (Wildman–Crippen MR) is 132 cm³/mol. The SMILES string of the molecule is Cl.Cl.Cl.O=C(Nc1nccs1)c1ccc(-c2ncnc3ccc(-c4cn[nH]c4)cc23)s1. The van der Waals surface area contributed by atoms with E-state index in [2.05, 4.69) is 30.5 Å². The number of aromatic nitrogens is 5. The molecule has 31 heavy (non-hydrogen) atoms. The van der Waals surface area contributed by atoms with Gasteiger partial charge in [-0.15, -0.1) is 59.9 Å². The van der Waals surface area contributed by atoms with E-state index in [4.69, 9.17) is 0 Å². The second-order valence-electron chi connectivity index (χ2n) is 5.90. The molecule has 0 aliphatic rings. The van der Waals surface area contributed by atoms with Gasteiger partial charge in [0.05, 0.1) is 27.2 Å². The van der Waals surface area contributed by atoms with E-state index in [-0.39, 0.29) is 43.1 Å². The summed E-state index contributed by atoms with van der Waals surface area (Å²) in [5.74, 6) is -0.177. The van der Waals surface area contributed by atoms with Crippen LogP contribution in [-0.2, 0) is 0 Å². The molecule has 0 fully saturated rings. The Morgan fingerprint density at radius 1 is 1.00 bits per heavy atom. The van der Waals surface area contributed by atoms with E-state index in [1.165, 1.54) is 22.7 Å². The van der Waals surface area contributed by atoms with Crippen molar-refractivity contribution >= 4 is 81.8 Å². The van der Waals surface area contributed by atoms with Crippen molar-refractivity contribution in [2.75, 3.05) is 5.32 Å². The van der Waals surface area contributed by atoms with Crippen molar-refractivity contribution in [3.05, 3.63) is 65.5 Å². The zero-order valence-electron chi connectivity index (χ0n) is 15.5. The van der Waals surface area contributed by atoms with Gasteiger partial charge in [0.15, 0.2) is 5.13 Å². The molecule has 7 nitrogen and oxygen atoms in total. The summed E-state index contributed by atoms with van der Waals surface area (Å²) in [6.07, 6.45) is 6.82. The molecule has 0 saturated heterocycles. The highest BCUT2D eigenvalue weighted by Gasteiger charge is 2.15. The summed E-state index contributed by atoms with van der Waals surface area (Å²) < 4.78 is 0. The lowest BCUT2D eigenvalue weighted by Gasteiger charge is -2.05. The van der Waals surface area contributed by atoms with Crippen molar-refractivity contribution in [2.45, 2.75) is 0 Å². The minimum atomic E-state index is -0.177. The van der Waals surface area contributed by atoms with Gasteiger partial charge in [-0.25, -0.2) is 15.0 Å².